The lowest BCUT2D eigenvalue weighted by atomic mass is 10.2. The van der Waals surface area contributed by atoms with Gasteiger partial charge in [0.05, 0.1) is 12.2 Å². The second-order valence-corrected chi connectivity index (χ2v) is 6.01. The summed E-state index contributed by atoms with van der Waals surface area (Å²) in [5.41, 5.74) is 0.788. The summed E-state index contributed by atoms with van der Waals surface area (Å²) in [5.74, 6) is 0.674. The molecular weight excluding hydrogens is 404 g/mol. The third kappa shape index (κ3) is 2.82. The first-order chi connectivity index (χ1) is 10.1. The Kier molecular flexibility index (Phi) is 3.99. The normalized spacial score (nSPS) is 17.6. The molecule has 8 heteroatoms. The van der Waals surface area contributed by atoms with Gasteiger partial charge in [-0.05, 0) is 50.9 Å². The summed E-state index contributed by atoms with van der Waals surface area (Å²) in [7, 11) is 0. The highest BCUT2D eigenvalue weighted by molar-refractivity contribution is 9.11. The minimum Gasteiger partial charge on any atom is -0.479 e. The number of hydrogen-bond donors (Lipinski definition) is 0. The zero-order valence-corrected chi connectivity index (χ0v) is 14.3. The number of para-hydroxylation sites is 2. The minimum atomic E-state index is -0.481. The summed E-state index contributed by atoms with van der Waals surface area (Å²) in [6.45, 7) is 2.79. The number of carbonyl (C=O) groups excluding carboxylic acids is 1. The highest BCUT2D eigenvalue weighted by Gasteiger charge is 2.31. The molecule has 1 amide bonds. The number of aromatic nitrogens is 3. The smallest absolute Gasteiger partial charge is 0.267 e. The number of carbonyl (C=O) groups is 1. The van der Waals surface area contributed by atoms with Crippen molar-refractivity contribution in [2.75, 3.05) is 11.4 Å². The lowest BCUT2D eigenvalue weighted by Crippen LogP contribution is -2.45. The molecule has 0 spiro atoms. The van der Waals surface area contributed by atoms with Crippen molar-refractivity contribution in [2.45, 2.75) is 19.6 Å². The highest BCUT2D eigenvalue weighted by Crippen LogP contribution is 2.33. The average Bonchev–Trinajstić information content (AvgIpc) is 2.77. The van der Waals surface area contributed by atoms with Crippen molar-refractivity contribution in [3.8, 4) is 5.75 Å². The van der Waals surface area contributed by atoms with Crippen molar-refractivity contribution < 1.29 is 9.53 Å². The number of halogens is 2. The van der Waals surface area contributed by atoms with Crippen LogP contribution in [0.1, 0.15) is 6.92 Å². The van der Waals surface area contributed by atoms with Crippen LogP contribution in [-0.2, 0) is 11.3 Å². The standard InChI is InChI=1S/C13H12Br2N4O2/c1-8-11(20)18(9-4-2-3-5-10(9)21-8)6-7-19-13(15)16-12(14)17-19/h2-5,8H,6-7H2,1H3/t8-/m1/s1. The van der Waals surface area contributed by atoms with Crippen LogP contribution < -0.4 is 9.64 Å². The van der Waals surface area contributed by atoms with Crippen molar-refractivity contribution in [3.63, 3.8) is 0 Å². The maximum atomic E-state index is 12.3. The maximum Gasteiger partial charge on any atom is 0.267 e. The maximum absolute atomic E-state index is 12.3. The average molecular weight is 416 g/mol. The summed E-state index contributed by atoms with van der Waals surface area (Å²) in [6, 6.07) is 7.53. The molecule has 6 nitrogen and oxygen atoms in total. The number of nitrogens with zero attached hydrogens (tertiary/aromatic N) is 4. The Morgan fingerprint density at radius 1 is 1.29 bits per heavy atom. The van der Waals surface area contributed by atoms with Crippen LogP contribution in [0.25, 0.3) is 0 Å². The van der Waals surface area contributed by atoms with Crippen LogP contribution in [-0.4, -0.2) is 33.3 Å². The van der Waals surface area contributed by atoms with E-state index in [0.717, 1.165) is 11.4 Å². The third-order valence-electron chi connectivity index (χ3n) is 3.21. The molecule has 0 saturated carbocycles. The number of rotatable bonds is 3. The summed E-state index contributed by atoms with van der Waals surface area (Å²) in [5, 5.41) is 4.20. The number of hydrogen-bond acceptors (Lipinski definition) is 4. The molecular formula is C13H12Br2N4O2. The zero-order valence-electron chi connectivity index (χ0n) is 11.2. The van der Waals surface area contributed by atoms with E-state index < -0.39 is 6.10 Å². The number of anilines is 1. The van der Waals surface area contributed by atoms with Crippen molar-refractivity contribution in [1.82, 2.24) is 14.8 Å². The molecule has 0 N–H and O–H groups in total. The Labute approximate surface area is 138 Å². The molecule has 110 valence electrons. The van der Waals surface area contributed by atoms with Gasteiger partial charge in [-0.3, -0.25) is 4.79 Å². The molecule has 3 rings (SSSR count). The fourth-order valence-corrected chi connectivity index (χ4v) is 3.25. The fourth-order valence-electron chi connectivity index (χ4n) is 2.22. The van der Waals surface area contributed by atoms with Gasteiger partial charge < -0.3 is 9.64 Å². The van der Waals surface area contributed by atoms with Crippen LogP contribution in [0.15, 0.2) is 33.7 Å². The van der Waals surface area contributed by atoms with E-state index in [4.69, 9.17) is 4.74 Å². The van der Waals surface area contributed by atoms with Crippen molar-refractivity contribution in [1.29, 1.82) is 0 Å². The molecule has 0 saturated heterocycles. The summed E-state index contributed by atoms with van der Waals surface area (Å²) in [4.78, 5) is 18.2. The Balaban J connectivity index is 1.84. The van der Waals surface area contributed by atoms with Crippen LogP contribution in [0.3, 0.4) is 0 Å². The zero-order chi connectivity index (χ0) is 15.0. The first-order valence-corrected chi connectivity index (χ1v) is 7.98. The van der Waals surface area contributed by atoms with Crippen LogP contribution in [0, 0.1) is 0 Å². The van der Waals surface area contributed by atoms with Crippen LogP contribution in [0.4, 0.5) is 5.69 Å². The fraction of sp³-hybridized carbons (Fsp3) is 0.308. The molecule has 1 aliphatic rings. The molecule has 21 heavy (non-hydrogen) atoms. The van der Waals surface area contributed by atoms with Gasteiger partial charge in [-0.25, -0.2) is 4.68 Å². The van der Waals surface area contributed by atoms with Crippen LogP contribution in [0.2, 0.25) is 0 Å². The number of benzene rings is 1. The highest BCUT2D eigenvalue weighted by atomic mass is 79.9. The summed E-state index contributed by atoms with van der Waals surface area (Å²) < 4.78 is 8.44. The van der Waals surface area contributed by atoms with E-state index in [-0.39, 0.29) is 5.91 Å². The van der Waals surface area contributed by atoms with Crippen molar-refractivity contribution in [3.05, 3.63) is 33.7 Å². The van der Waals surface area contributed by atoms with Gasteiger partial charge >= 0.3 is 0 Å². The minimum absolute atomic E-state index is 0.0518. The Bertz CT molecular complexity index is 689. The van der Waals surface area contributed by atoms with Gasteiger partial charge in [0.2, 0.25) is 4.73 Å². The number of ether oxygens (including phenoxy) is 1. The predicted molar refractivity (Wildman–Crippen MR) is 84.3 cm³/mol. The molecule has 1 aliphatic heterocycles. The lowest BCUT2D eigenvalue weighted by molar-refractivity contribution is -0.125. The van der Waals surface area contributed by atoms with E-state index in [1.165, 1.54) is 0 Å². The quantitative estimate of drug-likeness (QED) is 0.773. The molecule has 2 heterocycles. The molecule has 0 radical (unpaired) electrons. The molecule has 0 bridgehead atoms. The van der Waals surface area contributed by atoms with E-state index in [2.05, 4.69) is 41.9 Å². The number of amides is 1. The van der Waals surface area contributed by atoms with E-state index in [1.807, 2.05) is 24.3 Å². The van der Waals surface area contributed by atoms with Gasteiger partial charge in [0.25, 0.3) is 5.91 Å². The first kappa shape index (κ1) is 14.5. The first-order valence-electron chi connectivity index (χ1n) is 6.39. The Hall–Kier alpha value is -1.41. The monoisotopic (exact) mass is 414 g/mol. The topological polar surface area (TPSA) is 60.2 Å². The Morgan fingerprint density at radius 2 is 2.05 bits per heavy atom. The van der Waals surface area contributed by atoms with E-state index >= 15 is 0 Å². The molecule has 0 fully saturated rings. The number of fused-ring (bicyclic) bond motifs is 1. The summed E-state index contributed by atoms with van der Waals surface area (Å²) >= 11 is 6.55. The van der Waals surface area contributed by atoms with Gasteiger partial charge in [0, 0.05) is 6.54 Å². The summed E-state index contributed by atoms with van der Waals surface area (Å²) in [6.07, 6.45) is -0.481. The molecule has 1 atom stereocenters. The van der Waals surface area contributed by atoms with Gasteiger partial charge in [-0.2, -0.15) is 4.98 Å². The second kappa shape index (κ2) is 5.76. The molecule has 0 unspecified atom stereocenters. The van der Waals surface area contributed by atoms with Gasteiger partial charge in [-0.1, -0.05) is 12.1 Å². The van der Waals surface area contributed by atoms with Crippen LogP contribution in [0.5, 0.6) is 5.75 Å². The van der Waals surface area contributed by atoms with E-state index in [9.17, 15) is 4.79 Å². The van der Waals surface area contributed by atoms with Gasteiger partial charge in [0.15, 0.2) is 10.8 Å². The van der Waals surface area contributed by atoms with E-state index in [1.54, 1.807) is 16.5 Å². The molecule has 1 aromatic heterocycles. The molecule has 0 aliphatic carbocycles. The molecule has 2 aromatic rings. The van der Waals surface area contributed by atoms with Gasteiger partial charge in [0.1, 0.15) is 5.75 Å². The van der Waals surface area contributed by atoms with E-state index in [0.29, 0.717) is 22.6 Å². The lowest BCUT2D eigenvalue weighted by Gasteiger charge is -2.32. The third-order valence-corrected chi connectivity index (χ3v) is 4.13. The predicted octanol–water partition coefficient (Wildman–Crippen LogP) is 2.62. The van der Waals surface area contributed by atoms with Crippen LogP contribution >= 0.6 is 31.9 Å². The molecule has 1 aromatic carbocycles. The second-order valence-electron chi connectivity index (χ2n) is 4.59. The van der Waals surface area contributed by atoms with Crippen molar-refractivity contribution in [2.24, 2.45) is 0 Å². The SMILES string of the molecule is C[C@H]1Oc2ccccc2N(CCn2nc(Br)nc2Br)C1=O. The largest absolute Gasteiger partial charge is 0.479 e. The van der Waals surface area contributed by atoms with Crippen molar-refractivity contribution >= 4 is 43.5 Å². The van der Waals surface area contributed by atoms with Gasteiger partial charge in [-0.15, -0.1) is 5.10 Å². The Morgan fingerprint density at radius 3 is 2.76 bits per heavy atom.